The van der Waals surface area contributed by atoms with Crippen molar-refractivity contribution in [3.05, 3.63) is 24.0 Å². The van der Waals surface area contributed by atoms with Crippen LogP contribution in [0.25, 0.3) is 0 Å². The minimum absolute atomic E-state index is 0.124. The molecule has 23 heavy (non-hydrogen) atoms. The van der Waals surface area contributed by atoms with Crippen molar-refractivity contribution in [1.29, 1.82) is 0 Å². The minimum Gasteiger partial charge on any atom is -0.481 e. The topological polar surface area (TPSA) is 113 Å². The van der Waals surface area contributed by atoms with E-state index in [1.54, 1.807) is 13.8 Å². The molecule has 7 nitrogen and oxygen atoms in total. The van der Waals surface area contributed by atoms with Crippen LogP contribution in [0.15, 0.2) is 18.2 Å². The molecule has 0 heterocycles. The van der Waals surface area contributed by atoms with Crippen molar-refractivity contribution in [3.8, 4) is 0 Å². The molecule has 1 saturated carbocycles. The summed E-state index contributed by atoms with van der Waals surface area (Å²) in [4.78, 5) is 23.2. The monoisotopic (exact) mass is 344 g/mol. The van der Waals surface area contributed by atoms with Crippen LogP contribution in [-0.4, -0.2) is 31.7 Å². The van der Waals surface area contributed by atoms with Crippen LogP contribution < -0.4 is 10.0 Å². The second kappa shape index (κ2) is 5.48. The maximum atomic E-state index is 13.8. The summed E-state index contributed by atoms with van der Waals surface area (Å²) in [5, 5.41) is 11.5. The highest BCUT2D eigenvalue weighted by atomic mass is 32.2. The molecule has 126 valence electrons. The third kappa shape index (κ3) is 3.61. The van der Waals surface area contributed by atoms with E-state index < -0.39 is 45.0 Å². The molecule has 1 fully saturated rings. The number of anilines is 2. The van der Waals surface area contributed by atoms with Crippen LogP contribution in [0.2, 0.25) is 0 Å². The summed E-state index contributed by atoms with van der Waals surface area (Å²) in [6, 6.07) is 3.48. The molecule has 9 heteroatoms. The van der Waals surface area contributed by atoms with E-state index in [0.717, 1.165) is 12.3 Å². The van der Waals surface area contributed by atoms with E-state index >= 15 is 0 Å². The Morgan fingerprint density at radius 1 is 1.26 bits per heavy atom. The maximum absolute atomic E-state index is 13.8. The van der Waals surface area contributed by atoms with Crippen molar-refractivity contribution >= 4 is 33.3 Å². The Labute approximate surface area is 132 Å². The van der Waals surface area contributed by atoms with Gasteiger partial charge < -0.3 is 10.4 Å². The predicted molar refractivity (Wildman–Crippen MR) is 81.9 cm³/mol. The summed E-state index contributed by atoms with van der Waals surface area (Å²) in [7, 11) is -3.61. The minimum atomic E-state index is -3.61. The highest BCUT2D eigenvalue weighted by Crippen LogP contribution is 2.58. The van der Waals surface area contributed by atoms with Gasteiger partial charge in [-0.1, -0.05) is 13.8 Å². The van der Waals surface area contributed by atoms with E-state index in [1.807, 2.05) is 4.72 Å². The first kappa shape index (κ1) is 17.2. The third-order valence-corrected chi connectivity index (χ3v) is 4.50. The second-order valence-corrected chi connectivity index (χ2v) is 7.92. The van der Waals surface area contributed by atoms with Crippen LogP contribution in [-0.2, 0) is 19.6 Å². The second-order valence-electron chi connectivity index (χ2n) is 6.17. The van der Waals surface area contributed by atoms with Crippen molar-refractivity contribution in [2.45, 2.75) is 13.8 Å². The van der Waals surface area contributed by atoms with Crippen LogP contribution in [0.5, 0.6) is 0 Å². The number of carbonyl (C=O) groups excluding carboxylic acids is 1. The average Bonchev–Trinajstić information content (AvgIpc) is 2.95. The quantitative estimate of drug-likeness (QED) is 0.749. The van der Waals surface area contributed by atoms with Crippen molar-refractivity contribution in [2.24, 2.45) is 17.3 Å². The highest BCUT2D eigenvalue weighted by molar-refractivity contribution is 7.92. The van der Waals surface area contributed by atoms with Crippen LogP contribution >= 0.6 is 0 Å². The third-order valence-electron chi connectivity index (χ3n) is 3.91. The van der Waals surface area contributed by atoms with Crippen molar-refractivity contribution < 1.29 is 27.5 Å². The number of benzene rings is 1. The van der Waals surface area contributed by atoms with E-state index in [4.69, 9.17) is 5.11 Å². The van der Waals surface area contributed by atoms with Crippen molar-refractivity contribution in [3.63, 3.8) is 0 Å². The van der Waals surface area contributed by atoms with Gasteiger partial charge in [0, 0.05) is 5.69 Å². The molecule has 1 aliphatic carbocycles. The fourth-order valence-electron chi connectivity index (χ4n) is 2.68. The molecular weight excluding hydrogens is 327 g/mol. The molecule has 2 rings (SSSR count). The first-order valence-electron chi connectivity index (χ1n) is 6.74. The molecule has 0 aromatic heterocycles. The van der Waals surface area contributed by atoms with Gasteiger partial charge >= 0.3 is 5.97 Å². The smallest absolute Gasteiger partial charge is 0.307 e. The largest absolute Gasteiger partial charge is 0.481 e. The molecule has 0 radical (unpaired) electrons. The van der Waals surface area contributed by atoms with Gasteiger partial charge in [-0.05, 0) is 23.6 Å². The van der Waals surface area contributed by atoms with Crippen LogP contribution in [0, 0.1) is 23.1 Å². The zero-order valence-electron chi connectivity index (χ0n) is 12.8. The number of carboxylic acid groups (broad SMARTS) is 1. The number of carbonyl (C=O) groups is 2. The summed E-state index contributed by atoms with van der Waals surface area (Å²) in [6.45, 7) is 3.35. The molecule has 0 spiro atoms. The summed E-state index contributed by atoms with van der Waals surface area (Å²) < 4.78 is 38.0. The van der Waals surface area contributed by atoms with Gasteiger partial charge in [0.05, 0.1) is 23.8 Å². The van der Waals surface area contributed by atoms with E-state index in [2.05, 4.69) is 5.32 Å². The Balaban J connectivity index is 2.11. The summed E-state index contributed by atoms with van der Waals surface area (Å²) in [5.74, 6) is -3.88. The van der Waals surface area contributed by atoms with Gasteiger partial charge in [-0.25, -0.2) is 12.8 Å². The Morgan fingerprint density at radius 2 is 1.87 bits per heavy atom. The van der Waals surface area contributed by atoms with Gasteiger partial charge in [-0.15, -0.1) is 0 Å². The fourth-order valence-corrected chi connectivity index (χ4v) is 3.25. The lowest BCUT2D eigenvalue weighted by atomic mass is 10.1. The lowest BCUT2D eigenvalue weighted by Gasteiger charge is -2.09. The number of amides is 1. The molecule has 1 amide bonds. The van der Waals surface area contributed by atoms with Gasteiger partial charge in [0.25, 0.3) is 0 Å². The first-order chi connectivity index (χ1) is 10.4. The fraction of sp³-hybridized carbons (Fsp3) is 0.429. The SMILES string of the molecule is CC1(C)[C@H](C(=O)O)[C@H]1C(=O)Nc1ccc(NS(C)(=O)=O)c(F)c1. The van der Waals surface area contributed by atoms with Crippen molar-refractivity contribution in [1.82, 2.24) is 0 Å². The number of nitrogens with one attached hydrogen (secondary N) is 2. The summed E-state index contributed by atoms with van der Waals surface area (Å²) in [6.07, 6.45) is 0.892. The molecule has 0 unspecified atom stereocenters. The van der Waals surface area contributed by atoms with Gasteiger partial charge in [-0.3, -0.25) is 14.3 Å². The van der Waals surface area contributed by atoms with E-state index in [9.17, 15) is 22.4 Å². The Morgan fingerprint density at radius 3 is 2.30 bits per heavy atom. The molecule has 0 aliphatic heterocycles. The van der Waals surface area contributed by atoms with Crippen LogP contribution in [0.4, 0.5) is 15.8 Å². The van der Waals surface area contributed by atoms with E-state index in [1.165, 1.54) is 12.1 Å². The molecule has 2 atom stereocenters. The summed E-state index contributed by atoms with van der Waals surface area (Å²) in [5.41, 5.74) is -0.772. The molecule has 0 bridgehead atoms. The maximum Gasteiger partial charge on any atom is 0.307 e. The highest BCUT2D eigenvalue weighted by Gasteiger charge is 2.65. The summed E-state index contributed by atoms with van der Waals surface area (Å²) >= 11 is 0. The number of rotatable bonds is 5. The van der Waals surface area contributed by atoms with Gasteiger partial charge in [0.2, 0.25) is 15.9 Å². The van der Waals surface area contributed by atoms with Crippen molar-refractivity contribution in [2.75, 3.05) is 16.3 Å². The number of aliphatic carboxylic acids is 1. The van der Waals surface area contributed by atoms with E-state index in [-0.39, 0.29) is 11.4 Å². The number of hydrogen-bond acceptors (Lipinski definition) is 4. The Kier molecular flexibility index (Phi) is 4.10. The number of halogens is 1. The number of hydrogen-bond donors (Lipinski definition) is 3. The van der Waals surface area contributed by atoms with Crippen LogP contribution in [0.1, 0.15) is 13.8 Å². The van der Waals surface area contributed by atoms with Gasteiger partial charge in [0.15, 0.2) is 0 Å². The Bertz CT molecular complexity index is 775. The molecule has 1 aromatic carbocycles. The molecule has 1 aromatic rings. The lowest BCUT2D eigenvalue weighted by Crippen LogP contribution is -2.18. The van der Waals surface area contributed by atoms with Gasteiger partial charge in [-0.2, -0.15) is 0 Å². The number of carboxylic acids is 1. The molecule has 0 saturated heterocycles. The molecule has 1 aliphatic rings. The first-order valence-corrected chi connectivity index (χ1v) is 8.63. The normalized spacial score (nSPS) is 22.3. The average molecular weight is 344 g/mol. The predicted octanol–water partition coefficient (Wildman–Crippen LogP) is 1.49. The molecule has 3 N–H and O–H groups in total. The zero-order valence-corrected chi connectivity index (χ0v) is 13.6. The zero-order chi connectivity index (χ0) is 17.6. The lowest BCUT2D eigenvalue weighted by molar-refractivity contribution is -0.140. The van der Waals surface area contributed by atoms with Gasteiger partial charge in [0.1, 0.15) is 5.82 Å². The van der Waals surface area contributed by atoms with Crippen LogP contribution in [0.3, 0.4) is 0 Å². The standard InChI is InChI=1S/C14H17FN2O5S/c1-14(2)10(11(14)13(19)20)12(18)16-7-4-5-9(8(15)6-7)17-23(3,21)22/h4-6,10-11,17H,1-3H3,(H,16,18)(H,19,20)/t10-,11-/m0/s1. The number of sulfonamides is 1. The molecular formula is C14H17FN2O5S. The Hall–Kier alpha value is -2.16. The van der Waals surface area contributed by atoms with E-state index in [0.29, 0.717) is 0 Å².